The van der Waals surface area contributed by atoms with Gasteiger partial charge in [0.15, 0.2) is 0 Å². The van der Waals surface area contributed by atoms with Crippen molar-refractivity contribution in [3.63, 3.8) is 0 Å². The Morgan fingerprint density at radius 3 is 3.07 bits per heavy atom. The van der Waals surface area contributed by atoms with Crippen molar-refractivity contribution in [1.82, 2.24) is 4.90 Å². The van der Waals surface area contributed by atoms with Crippen molar-refractivity contribution < 1.29 is 4.74 Å². The molecule has 2 saturated heterocycles. The lowest BCUT2D eigenvalue weighted by Crippen LogP contribution is -2.43. The maximum absolute atomic E-state index is 6.02. The van der Waals surface area contributed by atoms with Gasteiger partial charge in [0, 0.05) is 5.54 Å². The second-order valence-corrected chi connectivity index (χ2v) is 5.10. The Kier molecular flexibility index (Phi) is 2.89. The molecular formula is C11H20BNO. The van der Waals surface area contributed by atoms with E-state index in [0.717, 1.165) is 19.6 Å². The van der Waals surface area contributed by atoms with Crippen LogP contribution >= 0.6 is 0 Å². The smallest absolute Gasteiger partial charge is 0.0717 e. The van der Waals surface area contributed by atoms with E-state index in [1.165, 1.54) is 19.4 Å². The van der Waals surface area contributed by atoms with Gasteiger partial charge in [0.1, 0.15) is 0 Å². The minimum Gasteiger partial charge on any atom is -0.377 e. The van der Waals surface area contributed by atoms with Crippen LogP contribution in [0, 0.1) is 0 Å². The molecule has 2 heterocycles. The van der Waals surface area contributed by atoms with E-state index < -0.39 is 0 Å². The highest BCUT2D eigenvalue weighted by Crippen LogP contribution is 2.42. The summed E-state index contributed by atoms with van der Waals surface area (Å²) in [5, 5.41) is 0. The zero-order valence-corrected chi connectivity index (χ0v) is 9.33. The van der Waals surface area contributed by atoms with Crippen molar-refractivity contribution in [1.29, 1.82) is 0 Å². The fourth-order valence-electron chi connectivity index (χ4n) is 2.89. The number of fused-ring (bicyclic) bond motifs is 1. The van der Waals surface area contributed by atoms with E-state index >= 15 is 0 Å². The summed E-state index contributed by atoms with van der Waals surface area (Å²) in [5.74, 6) is 0.367. The van der Waals surface area contributed by atoms with Crippen molar-refractivity contribution in [2.75, 3.05) is 19.7 Å². The zero-order chi connectivity index (χ0) is 10.2. The molecule has 0 bridgehead atoms. The Morgan fingerprint density at radius 2 is 2.36 bits per heavy atom. The molecule has 0 saturated carbocycles. The Labute approximate surface area is 88.4 Å². The first-order chi connectivity index (χ1) is 6.62. The first kappa shape index (κ1) is 10.5. The SMILES string of the molecule is [B][C@H]1CN2CCCC2(COC(C)C)C1. The quantitative estimate of drug-likeness (QED) is 0.631. The minimum absolute atomic E-state index is 0.295. The van der Waals surface area contributed by atoms with Gasteiger partial charge < -0.3 is 4.74 Å². The second kappa shape index (κ2) is 3.86. The maximum atomic E-state index is 6.02. The van der Waals surface area contributed by atoms with Crippen LogP contribution < -0.4 is 0 Å². The molecule has 2 aliphatic heterocycles. The molecule has 0 spiro atoms. The van der Waals surface area contributed by atoms with Crippen LogP contribution in [0.1, 0.15) is 33.1 Å². The standard InChI is InChI=1S/C11H20BNO/c1-9(2)14-8-11-4-3-5-13(11)7-10(12)6-11/h9-10H,3-8H2,1-2H3/t10-,11?/m1/s1. The van der Waals surface area contributed by atoms with E-state index in [-0.39, 0.29) is 0 Å². The van der Waals surface area contributed by atoms with Gasteiger partial charge in [-0.25, -0.2) is 0 Å². The van der Waals surface area contributed by atoms with Crippen LogP contribution in [0.3, 0.4) is 0 Å². The highest BCUT2D eigenvalue weighted by Gasteiger charge is 2.46. The summed E-state index contributed by atoms with van der Waals surface area (Å²) in [5.41, 5.74) is 0.295. The summed E-state index contributed by atoms with van der Waals surface area (Å²) >= 11 is 0. The molecule has 2 aliphatic rings. The molecule has 1 unspecified atom stereocenters. The summed E-state index contributed by atoms with van der Waals surface area (Å²) in [6.07, 6.45) is 4.05. The normalized spacial score (nSPS) is 38.1. The van der Waals surface area contributed by atoms with Crippen molar-refractivity contribution in [3.8, 4) is 0 Å². The molecule has 0 N–H and O–H groups in total. The predicted octanol–water partition coefficient (Wildman–Crippen LogP) is 1.61. The molecule has 3 heteroatoms. The highest BCUT2D eigenvalue weighted by molar-refractivity contribution is 6.12. The van der Waals surface area contributed by atoms with Gasteiger partial charge in [0.25, 0.3) is 0 Å². The molecule has 2 fully saturated rings. The van der Waals surface area contributed by atoms with Gasteiger partial charge in [-0.05, 0) is 46.2 Å². The Hall–Kier alpha value is -0.0151. The molecule has 0 aromatic rings. The van der Waals surface area contributed by atoms with Crippen LogP contribution in [0.25, 0.3) is 0 Å². The average molecular weight is 193 g/mol. The summed E-state index contributed by atoms with van der Waals surface area (Å²) < 4.78 is 5.78. The van der Waals surface area contributed by atoms with Crippen LogP contribution in [0.5, 0.6) is 0 Å². The molecule has 0 aromatic heterocycles. The van der Waals surface area contributed by atoms with E-state index in [4.69, 9.17) is 12.6 Å². The summed E-state index contributed by atoms with van der Waals surface area (Å²) in [4.78, 5) is 2.54. The fourth-order valence-corrected chi connectivity index (χ4v) is 2.89. The maximum Gasteiger partial charge on any atom is 0.0717 e. The minimum atomic E-state index is 0.295. The predicted molar refractivity (Wildman–Crippen MR) is 58.7 cm³/mol. The van der Waals surface area contributed by atoms with Gasteiger partial charge in [0.05, 0.1) is 20.6 Å². The van der Waals surface area contributed by atoms with Gasteiger partial charge >= 0.3 is 0 Å². The van der Waals surface area contributed by atoms with Gasteiger partial charge in [-0.1, -0.05) is 5.82 Å². The summed E-state index contributed by atoms with van der Waals surface area (Å²) in [7, 11) is 6.02. The Morgan fingerprint density at radius 1 is 1.57 bits per heavy atom. The second-order valence-electron chi connectivity index (χ2n) is 5.10. The van der Waals surface area contributed by atoms with Crippen molar-refractivity contribution in [2.24, 2.45) is 0 Å². The van der Waals surface area contributed by atoms with Crippen LogP contribution in [-0.2, 0) is 4.74 Å². The van der Waals surface area contributed by atoms with Crippen molar-refractivity contribution in [2.45, 2.75) is 50.6 Å². The molecule has 2 rings (SSSR count). The number of hydrogen-bond donors (Lipinski definition) is 0. The molecule has 78 valence electrons. The fraction of sp³-hybridized carbons (Fsp3) is 1.00. The van der Waals surface area contributed by atoms with Gasteiger partial charge in [0.2, 0.25) is 0 Å². The first-order valence-corrected chi connectivity index (χ1v) is 5.75. The van der Waals surface area contributed by atoms with Crippen LogP contribution in [0.2, 0.25) is 5.82 Å². The van der Waals surface area contributed by atoms with Crippen LogP contribution in [-0.4, -0.2) is 44.1 Å². The first-order valence-electron chi connectivity index (χ1n) is 5.75. The lowest BCUT2D eigenvalue weighted by atomic mass is 9.80. The number of rotatable bonds is 3. The van der Waals surface area contributed by atoms with E-state index in [1.54, 1.807) is 0 Å². The van der Waals surface area contributed by atoms with Crippen LogP contribution in [0.15, 0.2) is 0 Å². The number of hydrogen-bond acceptors (Lipinski definition) is 2. The zero-order valence-electron chi connectivity index (χ0n) is 9.33. The molecule has 2 nitrogen and oxygen atoms in total. The summed E-state index contributed by atoms with van der Waals surface area (Å²) in [6, 6.07) is 0. The molecule has 2 radical (unpaired) electrons. The monoisotopic (exact) mass is 193 g/mol. The van der Waals surface area contributed by atoms with E-state index in [9.17, 15) is 0 Å². The molecule has 0 aromatic carbocycles. The van der Waals surface area contributed by atoms with Crippen LogP contribution in [0.4, 0.5) is 0 Å². The topological polar surface area (TPSA) is 12.5 Å². The third-order valence-corrected chi connectivity index (χ3v) is 3.52. The van der Waals surface area contributed by atoms with E-state index in [1.807, 2.05) is 0 Å². The number of ether oxygens (including phenoxy) is 1. The molecule has 0 aliphatic carbocycles. The third-order valence-electron chi connectivity index (χ3n) is 3.52. The average Bonchev–Trinajstić information content (AvgIpc) is 2.56. The molecule has 2 atom stereocenters. The van der Waals surface area contributed by atoms with Gasteiger partial charge in [-0.3, -0.25) is 4.90 Å². The van der Waals surface area contributed by atoms with Crippen molar-refractivity contribution in [3.05, 3.63) is 0 Å². The van der Waals surface area contributed by atoms with Gasteiger partial charge in [-0.15, -0.1) is 0 Å². The highest BCUT2D eigenvalue weighted by atomic mass is 16.5. The van der Waals surface area contributed by atoms with E-state index in [0.29, 0.717) is 17.5 Å². The molecule has 14 heavy (non-hydrogen) atoms. The number of nitrogens with zero attached hydrogens (tertiary/aromatic N) is 1. The molecular weight excluding hydrogens is 173 g/mol. The Bertz CT molecular complexity index is 209. The Balaban J connectivity index is 1.98. The van der Waals surface area contributed by atoms with Crippen molar-refractivity contribution >= 4 is 7.85 Å². The largest absolute Gasteiger partial charge is 0.377 e. The van der Waals surface area contributed by atoms with E-state index in [2.05, 4.69) is 18.7 Å². The van der Waals surface area contributed by atoms with Gasteiger partial charge in [-0.2, -0.15) is 0 Å². The third kappa shape index (κ3) is 1.85. The lowest BCUT2D eigenvalue weighted by Gasteiger charge is -2.32. The lowest BCUT2D eigenvalue weighted by molar-refractivity contribution is 0.00312. The summed E-state index contributed by atoms with van der Waals surface area (Å²) in [6.45, 7) is 7.37. The molecule has 0 amide bonds.